The molecule has 0 N–H and O–H groups in total. The van der Waals surface area contributed by atoms with Crippen LogP contribution in [0.1, 0.15) is 57.5 Å². The standard InChI is InChI=1S/C22H29Cl2FN6O5/c1-13-18(31(33)34)19(35-10-6-5-7-16-14(23)11-26-20(24)27-16)28-30(13)17-8-9-29(12-15(17)25)21(32)36-22(2,3)4/h11,15,17H,5-10,12H2,1-4H3. The van der Waals surface area contributed by atoms with Gasteiger partial charge in [0.15, 0.2) is 0 Å². The Hall–Kier alpha value is -2.73. The normalized spacial score (nSPS) is 18.2. The fraction of sp³-hybridized carbons (Fsp3) is 0.636. The van der Waals surface area contributed by atoms with E-state index in [0.29, 0.717) is 30.0 Å². The third-order valence-corrected chi connectivity index (χ3v) is 6.07. The molecule has 0 aliphatic carbocycles. The molecular formula is C22H29Cl2FN6O5. The first kappa shape index (κ1) is 27.9. The van der Waals surface area contributed by atoms with Crippen LogP contribution in [0.15, 0.2) is 6.20 Å². The highest BCUT2D eigenvalue weighted by atomic mass is 35.5. The summed E-state index contributed by atoms with van der Waals surface area (Å²) < 4.78 is 27.4. The first-order chi connectivity index (χ1) is 16.9. The summed E-state index contributed by atoms with van der Waals surface area (Å²) in [7, 11) is 0. The molecule has 2 atom stereocenters. The molecule has 0 spiro atoms. The van der Waals surface area contributed by atoms with Crippen LogP contribution in [0.5, 0.6) is 5.88 Å². The van der Waals surface area contributed by atoms with Gasteiger partial charge in [-0.2, -0.15) is 0 Å². The van der Waals surface area contributed by atoms with Gasteiger partial charge in [0.25, 0.3) is 0 Å². The zero-order chi connectivity index (χ0) is 26.6. The molecule has 1 aliphatic heterocycles. The molecule has 11 nitrogen and oxygen atoms in total. The lowest BCUT2D eigenvalue weighted by Crippen LogP contribution is -2.47. The van der Waals surface area contributed by atoms with Crippen molar-refractivity contribution in [3.63, 3.8) is 0 Å². The van der Waals surface area contributed by atoms with Crippen molar-refractivity contribution in [1.82, 2.24) is 24.6 Å². The number of ether oxygens (including phenoxy) is 2. The minimum Gasteiger partial charge on any atom is -0.472 e. The molecule has 1 saturated heterocycles. The van der Waals surface area contributed by atoms with Crippen molar-refractivity contribution >= 4 is 35.0 Å². The molecule has 198 valence electrons. The molecule has 2 unspecified atom stereocenters. The topological polar surface area (TPSA) is 126 Å². The van der Waals surface area contributed by atoms with Crippen molar-refractivity contribution in [2.45, 2.75) is 71.2 Å². The van der Waals surface area contributed by atoms with Gasteiger partial charge >= 0.3 is 17.7 Å². The molecule has 1 amide bonds. The Bertz CT molecular complexity index is 1110. The van der Waals surface area contributed by atoms with E-state index in [4.69, 9.17) is 32.7 Å². The Morgan fingerprint density at radius 2 is 2.06 bits per heavy atom. The summed E-state index contributed by atoms with van der Waals surface area (Å²) in [5, 5.41) is 16.4. The van der Waals surface area contributed by atoms with Crippen LogP contribution < -0.4 is 4.74 Å². The van der Waals surface area contributed by atoms with Gasteiger partial charge in [0, 0.05) is 6.54 Å². The number of aromatic nitrogens is 4. The fourth-order valence-electron chi connectivity index (χ4n) is 3.89. The van der Waals surface area contributed by atoms with Gasteiger partial charge < -0.3 is 14.4 Å². The molecule has 3 rings (SSSR count). The minimum absolute atomic E-state index is 0.102. The van der Waals surface area contributed by atoms with Crippen LogP contribution >= 0.6 is 23.2 Å². The number of carbonyl (C=O) groups is 1. The van der Waals surface area contributed by atoms with Crippen molar-refractivity contribution < 1.29 is 23.6 Å². The van der Waals surface area contributed by atoms with Crippen molar-refractivity contribution in [2.75, 3.05) is 19.7 Å². The summed E-state index contributed by atoms with van der Waals surface area (Å²) in [5.41, 5.74) is -0.202. The van der Waals surface area contributed by atoms with E-state index in [1.54, 1.807) is 20.8 Å². The van der Waals surface area contributed by atoms with Crippen molar-refractivity contribution in [3.05, 3.63) is 38.0 Å². The average molecular weight is 547 g/mol. The van der Waals surface area contributed by atoms with E-state index < -0.39 is 28.8 Å². The highest BCUT2D eigenvalue weighted by Gasteiger charge is 2.38. The number of rotatable bonds is 8. The fourth-order valence-corrected chi connectivity index (χ4v) is 4.23. The molecule has 1 fully saturated rings. The number of amides is 1. The van der Waals surface area contributed by atoms with E-state index in [1.165, 1.54) is 22.7 Å². The van der Waals surface area contributed by atoms with Crippen LogP contribution in [-0.4, -0.2) is 67.1 Å². The average Bonchev–Trinajstić information content (AvgIpc) is 3.10. The first-order valence-electron chi connectivity index (χ1n) is 11.5. The van der Waals surface area contributed by atoms with Crippen LogP contribution in [-0.2, 0) is 11.2 Å². The highest BCUT2D eigenvalue weighted by Crippen LogP contribution is 2.35. The monoisotopic (exact) mass is 546 g/mol. The van der Waals surface area contributed by atoms with Crippen LogP contribution in [0.2, 0.25) is 10.3 Å². The quantitative estimate of drug-likeness (QED) is 0.193. The Morgan fingerprint density at radius 3 is 2.69 bits per heavy atom. The number of hydrogen-bond donors (Lipinski definition) is 0. The number of carbonyl (C=O) groups excluding carboxylic acids is 1. The molecule has 0 radical (unpaired) electrons. The van der Waals surface area contributed by atoms with Gasteiger partial charge in [-0.15, -0.1) is 5.10 Å². The van der Waals surface area contributed by atoms with Gasteiger partial charge in [-0.3, -0.25) is 14.8 Å². The molecule has 0 aromatic carbocycles. The lowest BCUT2D eigenvalue weighted by molar-refractivity contribution is -0.386. The van der Waals surface area contributed by atoms with Gasteiger partial charge in [-0.1, -0.05) is 11.6 Å². The summed E-state index contributed by atoms with van der Waals surface area (Å²) in [5.74, 6) is -0.164. The van der Waals surface area contributed by atoms with Crippen LogP contribution in [0, 0.1) is 17.0 Å². The maximum atomic E-state index is 15.1. The zero-order valence-electron chi connectivity index (χ0n) is 20.5. The number of halogens is 3. The molecule has 2 aromatic heterocycles. The lowest BCUT2D eigenvalue weighted by atomic mass is 10.0. The summed E-state index contributed by atoms with van der Waals surface area (Å²) in [6, 6.07) is -0.774. The molecule has 1 aliphatic rings. The molecule has 0 bridgehead atoms. The maximum absolute atomic E-state index is 15.1. The van der Waals surface area contributed by atoms with Gasteiger partial charge in [0.05, 0.1) is 41.0 Å². The zero-order valence-corrected chi connectivity index (χ0v) is 22.1. The van der Waals surface area contributed by atoms with Crippen LogP contribution in [0.3, 0.4) is 0 Å². The molecule has 3 heterocycles. The maximum Gasteiger partial charge on any atom is 0.410 e. The predicted molar refractivity (Wildman–Crippen MR) is 130 cm³/mol. The van der Waals surface area contributed by atoms with Gasteiger partial charge in [0.1, 0.15) is 17.5 Å². The Morgan fingerprint density at radius 1 is 1.33 bits per heavy atom. The number of hydrogen-bond acceptors (Lipinski definition) is 8. The van der Waals surface area contributed by atoms with E-state index in [-0.39, 0.29) is 48.7 Å². The number of alkyl halides is 1. The second kappa shape index (κ2) is 11.5. The Balaban J connectivity index is 1.62. The van der Waals surface area contributed by atoms with Gasteiger partial charge in [-0.05, 0) is 65.0 Å². The number of piperidine rings is 1. The van der Waals surface area contributed by atoms with Crippen molar-refractivity contribution in [3.8, 4) is 5.88 Å². The van der Waals surface area contributed by atoms with E-state index in [2.05, 4.69) is 15.1 Å². The second-order valence-corrected chi connectivity index (χ2v) is 10.2. The van der Waals surface area contributed by atoms with Gasteiger partial charge in [-0.25, -0.2) is 19.2 Å². The van der Waals surface area contributed by atoms with Crippen LogP contribution in [0.4, 0.5) is 14.9 Å². The van der Waals surface area contributed by atoms with E-state index in [9.17, 15) is 14.9 Å². The predicted octanol–water partition coefficient (Wildman–Crippen LogP) is 5.12. The van der Waals surface area contributed by atoms with Crippen molar-refractivity contribution in [1.29, 1.82) is 0 Å². The number of unbranched alkanes of at least 4 members (excludes halogenated alkanes) is 1. The summed E-state index contributed by atoms with van der Waals surface area (Å²) in [4.78, 5) is 32.6. The third kappa shape index (κ3) is 6.94. The van der Waals surface area contributed by atoms with E-state index >= 15 is 4.39 Å². The highest BCUT2D eigenvalue weighted by molar-refractivity contribution is 6.31. The number of aryl methyl sites for hydroxylation is 1. The molecule has 0 saturated carbocycles. The first-order valence-corrected chi connectivity index (χ1v) is 12.3. The molecular weight excluding hydrogens is 518 g/mol. The van der Waals surface area contributed by atoms with Crippen LogP contribution in [0.25, 0.3) is 0 Å². The largest absolute Gasteiger partial charge is 0.472 e. The lowest BCUT2D eigenvalue weighted by Gasteiger charge is -2.35. The summed E-state index contributed by atoms with van der Waals surface area (Å²) in [6.45, 7) is 6.91. The van der Waals surface area contributed by atoms with E-state index in [0.717, 1.165) is 0 Å². The molecule has 2 aromatic rings. The number of nitro groups is 1. The second-order valence-electron chi connectivity index (χ2n) is 9.48. The van der Waals surface area contributed by atoms with E-state index in [1.807, 2.05) is 0 Å². The Labute approximate surface area is 218 Å². The number of likely N-dealkylation sites (tertiary alicyclic amines) is 1. The van der Waals surface area contributed by atoms with Crippen molar-refractivity contribution in [2.24, 2.45) is 0 Å². The number of nitrogens with zero attached hydrogens (tertiary/aromatic N) is 6. The Kier molecular flexibility index (Phi) is 8.93. The smallest absolute Gasteiger partial charge is 0.410 e. The minimum atomic E-state index is -1.48. The summed E-state index contributed by atoms with van der Waals surface area (Å²) >= 11 is 11.9. The third-order valence-electron chi connectivity index (χ3n) is 5.58. The molecule has 36 heavy (non-hydrogen) atoms. The molecule has 14 heteroatoms. The SMILES string of the molecule is Cc1c([N+](=O)[O-])c(OCCCCc2nc(Cl)ncc2Cl)nn1C1CCN(C(=O)OC(C)(C)C)CC1F. The van der Waals surface area contributed by atoms with Gasteiger partial charge in [0.2, 0.25) is 5.28 Å². The summed E-state index contributed by atoms with van der Waals surface area (Å²) in [6.07, 6.45) is 1.28.